The van der Waals surface area contributed by atoms with Gasteiger partial charge in [-0.3, -0.25) is 14.2 Å². The lowest BCUT2D eigenvalue weighted by Crippen LogP contribution is -2.36. The summed E-state index contributed by atoms with van der Waals surface area (Å²) in [5, 5.41) is 6.70. The molecule has 0 unspecified atom stereocenters. The lowest BCUT2D eigenvalue weighted by Gasteiger charge is -2.27. The standard InChI is InChI=1S/C27H25F4N7O/c28-14-25(5-6-25)21-12-18(4-9-32-21)38-22-19(23(39)37(38)15-27(29,30)31)13-33-24(36-22)35-17-1-2-20-16(11-17)3-10-34-26(20)7-8-26/h1-2,4,9,11-13,34H,3,5-8,10,14-15H2,(H,33,35,36). The predicted molar refractivity (Wildman–Crippen MR) is 136 cm³/mol. The van der Waals surface area contributed by atoms with Crippen LogP contribution in [0.5, 0.6) is 0 Å². The fourth-order valence-electron chi connectivity index (χ4n) is 5.69. The average Bonchev–Trinajstić information content (AvgIpc) is 3.84. The zero-order valence-electron chi connectivity index (χ0n) is 20.9. The summed E-state index contributed by atoms with van der Waals surface area (Å²) in [7, 11) is 0. The molecule has 0 bridgehead atoms. The van der Waals surface area contributed by atoms with E-state index in [1.54, 1.807) is 6.07 Å². The Morgan fingerprint density at radius 2 is 1.90 bits per heavy atom. The Labute approximate surface area is 220 Å². The molecular formula is C27H25F4N7O. The molecule has 39 heavy (non-hydrogen) atoms. The molecule has 2 aliphatic carbocycles. The third kappa shape index (κ3) is 4.08. The van der Waals surface area contributed by atoms with Crippen LogP contribution in [0.4, 0.5) is 29.2 Å². The van der Waals surface area contributed by atoms with Crippen LogP contribution in [0.25, 0.3) is 16.7 Å². The Hall–Kier alpha value is -3.80. The summed E-state index contributed by atoms with van der Waals surface area (Å²) in [5.74, 6) is 0.145. The molecule has 12 heteroatoms. The quantitative estimate of drug-likeness (QED) is 0.353. The molecule has 2 saturated carbocycles. The minimum atomic E-state index is -4.66. The fourth-order valence-corrected chi connectivity index (χ4v) is 5.69. The number of anilines is 2. The van der Waals surface area contributed by atoms with Crippen molar-refractivity contribution in [3.05, 3.63) is 69.9 Å². The molecule has 2 N–H and O–H groups in total. The number of pyridine rings is 1. The molecule has 1 aliphatic heterocycles. The highest BCUT2D eigenvalue weighted by molar-refractivity contribution is 5.77. The molecule has 7 rings (SSSR count). The van der Waals surface area contributed by atoms with Crippen LogP contribution in [0.15, 0.2) is 47.5 Å². The summed E-state index contributed by atoms with van der Waals surface area (Å²) in [5.41, 5.74) is 2.48. The van der Waals surface area contributed by atoms with Gasteiger partial charge in [0.2, 0.25) is 5.95 Å². The molecule has 4 heterocycles. The first-order valence-corrected chi connectivity index (χ1v) is 12.9. The highest BCUT2D eigenvalue weighted by atomic mass is 19.4. The molecule has 0 atom stereocenters. The summed E-state index contributed by atoms with van der Waals surface area (Å²) in [6.45, 7) is -1.23. The summed E-state index contributed by atoms with van der Waals surface area (Å²) in [6.07, 6.45) is 2.33. The summed E-state index contributed by atoms with van der Waals surface area (Å²) in [4.78, 5) is 26.1. The van der Waals surface area contributed by atoms with E-state index < -0.39 is 30.4 Å². The molecule has 8 nitrogen and oxygen atoms in total. The van der Waals surface area contributed by atoms with Gasteiger partial charge in [-0.15, -0.1) is 0 Å². The largest absolute Gasteiger partial charge is 0.408 e. The minimum Gasteiger partial charge on any atom is -0.324 e. The van der Waals surface area contributed by atoms with Crippen LogP contribution in [-0.4, -0.2) is 43.7 Å². The van der Waals surface area contributed by atoms with Crippen LogP contribution in [0.3, 0.4) is 0 Å². The van der Waals surface area contributed by atoms with Crippen molar-refractivity contribution in [2.24, 2.45) is 0 Å². The molecule has 3 aromatic heterocycles. The molecule has 2 fully saturated rings. The molecule has 4 aromatic rings. The van der Waals surface area contributed by atoms with Gasteiger partial charge in [-0.25, -0.2) is 14.3 Å². The second-order valence-electron chi connectivity index (χ2n) is 10.8. The highest BCUT2D eigenvalue weighted by Crippen LogP contribution is 2.49. The van der Waals surface area contributed by atoms with Crippen LogP contribution in [-0.2, 0) is 23.9 Å². The normalized spacial score (nSPS) is 18.8. The minimum absolute atomic E-state index is 0.0167. The van der Waals surface area contributed by atoms with E-state index in [0.29, 0.717) is 23.2 Å². The summed E-state index contributed by atoms with van der Waals surface area (Å²) < 4.78 is 56.1. The first kappa shape index (κ1) is 24.3. The third-order valence-electron chi connectivity index (χ3n) is 8.13. The van der Waals surface area contributed by atoms with Gasteiger partial charge in [0.1, 0.15) is 18.6 Å². The van der Waals surface area contributed by atoms with E-state index in [2.05, 4.69) is 31.7 Å². The maximum absolute atomic E-state index is 13.7. The second kappa shape index (κ2) is 8.35. The zero-order valence-corrected chi connectivity index (χ0v) is 20.9. The van der Waals surface area contributed by atoms with Crippen LogP contribution < -0.4 is 16.2 Å². The fraction of sp³-hybridized carbons (Fsp3) is 0.407. The maximum Gasteiger partial charge on any atom is 0.408 e. The Balaban J connectivity index is 1.32. The van der Waals surface area contributed by atoms with Crippen molar-refractivity contribution in [2.45, 2.75) is 55.8 Å². The number of alkyl halides is 4. The van der Waals surface area contributed by atoms with Crippen molar-refractivity contribution < 1.29 is 17.6 Å². The van der Waals surface area contributed by atoms with Crippen LogP contribution >= 0.6 is 0 Å². The van der Waals surface area contributed by atoms with Gasteiger partial charge in [-0.2, -0.15) is 18.2 Å². The number of hydrogen-bond donors (Lipinski definition) is 2. The second-order valence-corrected chi connectivity index (χ2v) is 10.8. The van der Waals surface area contributed by atoms with Crippen LogP contribution in [0.1, 0.15) is 42.5 Å². The molecule has 1 spiro atoms. The Morgan fingerprint density at radius 1 is 1.08 bits per heavy atom. The number of fused-ring (bicyclic) bond motifs is 3. The molecule has 0 saturated heterocycles. The third-order valence-corrected chi connectivity index (χ3v) is 8.13. The van der Waals surface area contributed by atoms with Crippen molar-refractivity contribution in [3.63, 3.8) is 0 Å². The number of benzene rings is 1. The predicted octanol–water partition coefficient (Wildman–Crippen LogP) is 4.42. The molecule has 202 valence electrons. The average molecular weight is 540 g/mol. The molecular weight excluding hydrogens is 514 g/mol. The number of aromatic nitrogens is 5. The van der Waals surface area contributed by atoms with Crippen molar-refractivity contribution in [1.82, 2.24) is 29.6 Å². The Morgan fingerprint density at radius 3 is 2.62 bits per heavy atom. The monoisotopic (exact) mass is 539 g/mol. The van der Waals surface area contributed by atoms with Crippen LogP contribution in [0.2, 0.25) is 0 Å². The number of nitrogens with zero attached hydrogens (tertiary/aromatic N) is 5. The van der Waals surface area contributed by atoms with Gasteiger partial charge in [0.05, 0.1) is 11.4 Å². The molecule has 1 aromatic carbocycles. The van der Waals surface area contributed by atoms with Gasteiger partial charge in [-0.05, 0) is 67.5 Å². The molecule has 3 aliphatic rings. The highest BCUT2D eigenvalue weighted by Gasteiger charge is 2.47. The number of halogens is 4. The zero-order chi connectivity index (χ0) is 27.0. The Bertz CT molecular complexity index is 1670. The lowest BCUT2D eigenvalue weighted by molar-refractivity contribution is -0.144. The first-order chi connectivity index (χ1) is 18.7. The van der Waals surface area contributed by atoms with Crippen molar-refractivity contribution in [2.75, 3.05) is 18.5 Å². The Kier molecular flexibility index (Phi) is 5.19. The van der Waals surface area contributed by atoms with E-state index in [9.17, 15) is 22.4 Å². The summed E-state index contributed by atoms with van der Waals surface area (Å²) >= 11 is 0. The lowest BCUT2D eigenvalue weighted by atomic mass is 9.92. The van der Waals surface area contributed by atoms with E-state index in [0.717, 1.165) is 36.2 Å². The van der Waals surface area contributed by atoms with Gasteiger partial charge < -0.3 is 10.6 Å². The van der Waals surface area contributed by atoms with Gasteiger partial charge in [0, 0.05) is 35.6 Å². The van der Waals surface area contributed by atoms with E-state index >= 15 is 0 Å². The number of nitrogens with one attached hydrogen (secondary N) is 2. The van der Waals surface area contributed by atoms with Gasteiger partial charge >= 0.3 is 6.18 Å². The van der Waals surface area contributed by atoms with E-state index in [-0.39, 0.29) is 28.2 Å². The van der Waals surface area contributed by atoms with Crippen molar-refractivity contribution in [1.29, 1.82) is 0 Å². The summed E-state index contributed by atoms with van der Waals surface area (Å²) in [6, 6.07) is 9.10. The number of hydrogen-bond acceptors (Lipinski definition) is 6. The SMILES string of the molecule is O=c1c2cnc(Nc3ccc4c(c3)CCNC43CC3)nc2n(-c2ccnc(C3(CF)CC3)c2)n1CC(F)(F)F. The maximum atomic E-state index is 13.7. The van der Waals surface area contributed by atoms with E-state index in [1.165, 1.54) is 29.6 Å². The van der Waals surface area contributed by atoms with Gasteiger partial charge in [0.15, 0.2) is 5.65 Å². The van der Waals surface area contributed by atoms with Crippen molar-refractivity contribution >= 4 is 22.7 Å². The van der Waals surface area contributed by atoms with E-state index in [1.807, 2.05) is 12.1 Å². The molecule has 0 radical (unpaired) electrons. The van der Waals surface area contributed by atoms with Crippen molar-refractivity contribution in [3.8, 4) is 5.69 Å². The molecule has 0 amide bonds. The first-order valence-electron chi connectivity index (χ1n) is 12.9. The topological polar surface area (TPSA) is 89.7 Å². The smallest absolute Gasteiger partial charge is 0.324 e. The van der Waals surface area contributed by atoms with Gasteiger partial charge in [0.25, 0.3) is 5.56 Å². The van der Waals surface area contributed by atoms with E-state index in [4.69, 9.17) is 0 Å². The van der Waals surface area contributed by atoms with Gasteiger partial charge in [-0.1, -0.05) is 6.07 Å². The van der Waals surface area contributed by atoms with Crippen LogP contribution in [0, 0.1) is 0 Å². The number of rotatable bonds is 6.